The number of carbonyl (C=O) groups is 1. The first-order chi connectivity index (χ1) is 11.5. The van der Waals surface area contributed by atoms with E-state index in [9.17, 15) is 4.79 Å². The highest BCUT2D eigenvalue weighted by molar-refractivity contribution is 5.92. The molecule has 24 heavy (non-hydrogen) atoms. The fraction of sp³-hybridized carbons (Fsp3) is 0.350. The zero-order valence-electron chi connectivity index (χ0n) is 14.9. The number of benzene rings is 2. The average Bonchev–Trinajstić information content (AvgIpc) is 2.55. The lowest BCUT2D eigenvalue weighted by Crippen LogP contribution is -2.30. The van der Waals surface area contributed by atoms with Crippen LogP contribution in [-0.2, 0) is 17.8 Å². The number of amides is 1. The molecule has 0 unspecified atom stereocenters. The molecule has 0 aliphatic rings. The van der Waals surface area contributed by atoms with Crippen molar-refractivity contribution in [1.82, 2.24) is 4.90 Å². The Balaban J connectivity index is 1.92. The number of rotatable bonds is 7. The Morgan fingerprint density at radius 3 is 2.50 bits per heavy atom. The molecule has 1 N–H and O–H groups in total. The summed E-state index contributed by atoms with van der Waals surface area (Å²) in [5, 5.41) is 2.94. The zero-order valence-corrected chi connectivity index (χ0v) is 14.9. The summed E-state index contributed by atoms with van der Waals surface area (Å²) in [7, 11) is 3.60. The van der Waals surface area contributed by atoms with Gasteiger partial charge in [0.25, 0.3) is 0 Å². The second kappa shape index (κ2) is 8.50. The highest BCUT2D eigenvalue weighted by atomic mass is 16.5. The molecule has 0 aliphatic carbocycles. The van der Waals surface area contributed by atoms with Gasteiger partial charge < -0.3 is 10.1 Å². The monoisotopic (exact) mass is 326 g/mol. The normalized spacial score (nSPS) is 10.7. The Bertz CT molecular complexity index is 681. The fourth-order valence-corrected chi connectivity index (χ4v) is 2.65. The summed E-state index contributed by atoms with van der Waals surface area (Å²) in [6, 6.07) is 14.0. The standard InChI is InChI=1S/C20H26N2O2/c1-5-16-7-9-18(10-8-16)21-20(23)14-22(3)13-17-12-15(2)6-11-19(17)24-4/h6-12H,5,13-14H2,1-4H3,(H,21,23). The van der Waals surface area contributed by atoms with Crippen molar-refractivity contribution in [3.63, 3.8) is 0 Å². The summed E-state index contributed by atoms with van der Waals surface area (Å²) in [6.45, 7) is 5.15. The number of methoxy groups -OCH3 is 1. The van der Waals surface area contributed by atoms with Gasteiger partial charge in [0.1, 0.15) is 5.75 Å². The third-order valence-corrected chi connectivity index (χ3v) is 3.94. The number of nitrogens with one attached hydrogen (secondary N) is 1. The van der Waals surface area contributed by atoms with Crippen molar-refractivity contribution in [2.45, 2.75) is 26.8 Å². The molecule has 2 aromatic rings. The van der Waals surface area contributed by atoms with Crippen molar-refractivity contribution >= 4 is 11.6 Å². The van der Waals surface area contributed by atoms with Crippen molar-refractivity contribution in [3.8, 4) is 5.75 Å². The predicted octanol–water partition coefficient (Wildman–Crippen LogP) is 3.64. The molecule has 0 atom stereocenters. The molecule has 1 amide bonds. The smallest absolute Gasteiger partial charge is 0.238 e. The number of hydrogen-bond donors (Lipinski definition) is 1. The number of likely N-dealkylation sites (N-methyl/N-ethyl adjacent to an activating group) is 1. The van der Waals surface area contributed by atoms with Crippen LogP contribution in [0.2, 0.25) is 0 Å². The van der Waals surface area contributed by atoms with Gasteiger partial charge in [-0.2, -0.15) is 0 Å². The van der Waals surface area contributed by atoms with Crippen molar-refractivity contribution < 1.29 is 9.53 Å². The average molecular weight is 326 g/mol. The van der Waals surface area contributed by atoms with Crippen molar-refractivity contribution in [3.05, 3.63) is 59.2 Å². The maximum Gasteiger partial charge on any atom is 0.238 e. The minimum atomic E-state index is -0.0200. The van der Waals surface area contributed by atoms with Crippen LogP contribution in [0, 0.1) is 6.92 Å². The molecular formula is C20H26N2O2. The summed E-state index contributed by atoms with van der Waals surface area (Å²) in [4.78, 5) is 14.2. The number of nitrogens with zero attached hydrogens (tertiary/aromatic N) is 1. The minimum absolute atomic E-state index is 0.0200. The highest BCUT2D eigenvalue weighted by Crippen LogP contribution is 2.21. The molecule has 0 fully saturated rings. The van der Waals surface area contributed by atoms with Crippen LogP contribution in [0.5, 0.6) is 5.75 Å². The van der Waals surface area contributed by atoms with Crippen LogP contribution in [0.15, 0.2) is 42.5 Å². The predicted molar refractivity (Wildman–Crippen MR) is 98.5 cm³/mol. The maximum atomic E-state index is 12.2. The molecule has 0 saturated carbocycles. The molecule has 0 aliphatic heterocycles. The van der Waals surface area contributed by atoms with Gasteiger partial charge in [-0.05, 0) is 44.2 Å². The van der Waals surface area contributed by atoms with E-state index in [-0.39, 0.29) is 5.91 Å². The molecule has 0 heterocycles. The van der Waals surface area contributed by atoms with Crippen LogP contribution in [0.1, 0.15) is 23.6 Å². The molecule has 4 heteroatoms. The summed E-state index contributed by atoms with van der Waals surface area (Å²) in [6.07, 6.45) is 0.995. The van der Waals surface area contributed by atoms with Gasteiger partial charge in [-0.15, -0.1) is 0 Å². The van der Waals surface area contributed by atoms with E-state index < -0.39 is 0 Å². The van der Waals surface area contributed by atoms with E-state index in [0.29, 0.717) is 13.1 Å². The van der Waals surface area contributed by atoms with Crippen molar-refractivity contribution in [2.24, 2.45) is 0 Å². The van der Waals surface area contributed by atoms with Crippen LogP contribution in [0.3, 0.4) is 0 Å². The largest absolute Gasteiger partial charge is 0.496 e. The fourth-order valence-electron chi connectivity index (χ4n) is 2.65. The Morgan fingerprint density at radius 1 is 1.17 bits per heavy atom. The lowest BCUT2D eigenvalue weighted by Gasteiger charge is -2.18. The maximum absolute atomic E-state index is 12.2. The zero-order chi connectivity index (χ0) is 17.5. The SMILES string of the molecule is CCc1ccc(NC(=O)CN(C)Cc2cc(C)ccc2OC)cc1. The molecule has 0 bridgehead atoms. The summed E-state index contributed by atoms with van der Waals surface area (Å²) >= 11 is 0. The van der Waals surface area contributed by atoms with E-state index in [1.165, 1.54) is 11.1 Å². The van der Waals surface area contributed by atoms with Crippen LogP contribution >= 0.6 is 0 Å². The van der Waals surface area contributed by atoms with Gasteiger partial charge in [0, 0.05) is 17.8 Å². The highest BCUT2D eigenvalue weighted by Gasteiger charge is 2.10. The van der Waals surface area contributed by atoms with Crippen LogP contribution in [0.25, 0.3) is 0 Å². The molecule has 2 rings (SSSR count). The number of carbonyl (C=O) groups excluding carboxylic acids is 1. The molecule has 0 aromatic heterocycles. The molecule has 2 aromatic carbocycles. The second-order valence-electron chi connectivity index (χ2n) is 6.09. The van der Waals surface area contributed by atoms with E-state index in [0.717, 1.165) is 23.4 Å². The van der Waals surface area contributed by atoms with Gasteiger partial charge >= 0.3 is 0 Å². The van der Waals surface area contributed by atoms with E-state index in [2.05, 4.69) is 25.2 Å². The van der Waals surface area contributed by atoms with E-state index >= 15 is 0 Å². The Kier molecular flexibility index (Phi) is 6.38. The van der Waals surface area contributed by atoms with Crippen molar-refractivity contribution in [2.75, 3.05) is 26.0 Å². The van der Waals surface area contributed by atoms with Gasteiger partial charge in [0.2, 0.25) is 5.91 Å². The van der Waals surface area contributed by atoms with Gasteiger partial charge in [-0.3, -0.25) is 9.69 Å². The van der Waals surface area contributed by atoms with E-state index in [1.807, 2.05) is 48.3 Å². The van der Waals surface area contributed by atoms with E-state index in [4.69, 9.17) is 4.74 Å². The molecule has 0 spiro atoms. The number of ether oxygens (including phenoxy) is 1. The van der Waals surface area contributed by atoms with E-state index in [1.54, 1.807) is 7.11 Å². The Morgan fingerprint density at radius 2 is 1.88 bits per heavy atom. The van der Waals surface area contributed by atoms with Crippen molar-refractivity contribution in [1.29, 1.82) is 0 Å². The third-order valence-electron chi connectivity index (χ3n) is 3.94. The first-order valence-electron chi connectivity index (χ1n) is 8.22. The minimum Gasteiger partial charge on any atom is -0.496 e. The summed E-state index contributed by atoms with van der Waals surface area (Å²) in [5.74, 6) is 0.830. The Labute approximate surface area is 144 Å². The molecular weight excluding hydrogens is 300 g/mol. The van der Waals surface area contributed by atoms with Crippen LogP contribution in [0.4, 0.5) is 5.69 Å². The molecule has 0 radical (unpaired) electrons. The third kappa shape index (κ3) is 5.10. The van der Waals surface area contributed by atoms with Crippen LogP contribution in [-0.4, -0.2) is 31.5 Å². The lowest BCUT2D eigenvalue weighted by atomic mass is 10.1. The van der Waals surface area contributed by atoms with Gasteiger partial charge in [-0.25, -0.2) is 0 Å². The summed E-state index contributed by atoms with van der Waals surface area (Å²) in [5.41, 5.74) is 4.36. The van der Waals surface area contributed by atoms with Crippen LogP contribution < -0.4 is 10.1 Å². The lowest BCUT2D eigenvalue weighted by molar-refractivity contribution is -0.117. The topological polar surface area (TPSA) is 41.6 Å². The van der Waals surface area contributed by atoms with Gasteiger partial charge in [0.05, 0.1) is 13.7 Å². The molecule has 4 nitrogen and oxygen atoms in total. The first-order valence-corrected chi connectivity index (χ1v) is 8.22. The van der Waals surface area contributed by atoms with Gasteiger partial charge in [0.15, 0.2) is 0 Å². The first kappa shape index (κ1) is 18.0. The number of hydrogen-bond acceptors (Lipinski definition) is 3. The summed E-state index contributed by atoms with van der Waals surface area (Å²) < 4.78 is 5.40. The second-order valence-corrected chi connectivity index (χ2v) is 6.09. The molecule has 128 valence electrons. The number of anilines is 1. The molecule has 0 saturated heterocycles. The Hall–Kier alpha value is -2.33. The number of aryl methyl sites for hydroxylation is 2. The quantitative estimate of drug-likeness (QED) is 0.844. The van der Waals surface area contributed by atoms with Gasteiger partial charge in [-0.1, -0.05) is 36.8 Å².